The van der Waals surface area contributed by atoms with E-state index in [2.05, 4.69) is 0 Å². The lowest BCUT2D eigenvalue weighted by molar-refractivity contribution is -0.118. The monoisotopic (exact) mass is 193 g/mol. The van der Waals surface area contributed by atoms with Crippen molar-refractivity contribution in [2.24, 2.45) is 5.73 Å². The van der Waals surface area contributed by atoms with Crippen molar-refractivity contribution in [3.8, 4) is 5.75 Å². The highest BCUT2D eigenvalue weighted by atomic mass is 16.5. The summed E-state index contributed by atoms with van der Waals surface area (Å²) in [4.78, 5) is 10.9. The Balaban J connectivity index is 2.31. The SMILES string of the molecule is Cc1ccc(OCCC(=O)CN)cc1. The van der Waals surface area contributed by atoms with E-state index in [0.717, 1.165) is 5.75 Å². The largest absolute Gasteiger partial charge is 0.493 e. The molecule has 0 aliphatic rings. The van der Waals surface area contributed by atoms with Crippen molar-refractivity contribution >= 4 is 5.78 Å². The minimum atomic E-state index is 0.0251. The maximum absolute atomic E-state index is 10.9. The number of hydrogen-bond donors (Lipinski definition) is 1. The van der Waals surface area contributed by atoms with E-state index in [1.165, 1.54) is 5.56 Å². The maximum Gasteiger partial charge on any atom is 0.149 e. The van der Waals surface area contributed by atoms with Gasteiger partial charge in [0.1, 0.15) is 11.5 Å². The Labute approximate surface area is 83.9 Å². The molecule has 0 amide bonds. The topological polar surface area (TPSA) is 52.3 Å². The van der Waals surface area contributed by atoms with Gasteiger partial charge in [0.15, 0.2) is 0 Å². The molecule has 0 atom stereocenters. The van der Waals surface area contributed by atoms with Gasteiger partial charge in [0, 0.05) is 6.42 Å². The van der Waals surface area contributed by atoms with Crippen LogP contribution in [0.3, 0.4) is 0 Å². The average molecular weight is 193 g/mol. The molecule has 1 rings (SSSR count). The molecule has 3 heteroatoms. The predicted octanol–water partition coefficient (Wildman–Crippen LogP) is 1.29. The zero-order chi connectivity index (χ0) is 10.4. The van der Waals surface area contributed by atoms with Gasteiger partial charge in [0.25, 0.3) is 0 Å². The molecule has 0 heterocycles. The number of Topliss-reactive ketones (excluding diaryl/α,β-unsaturated/α-hetero) is 1. The van der Waals surface area contributed by atoms with Gasteiger partial charge in [0.2, 0.25) is 0 Å². The summed E-state index contributed by atoms with van der Waals surface area (Å²) in [6.45, 7) is 2.51. The highest BCUT2D eigenvalue weighted by Gasteiger charge is 1.98. The van der Waals surface area contributed by atoms with E-state index in [9.17, 15) is 4.79 Å². The quantitative estimate of drug-likeness (QED) is 0.766. The summed E-state index contributed by atoms with van der Waals surface area (Å²) in [6, 6.07) is 7.73. The lowest BCUT2D eigenvalue weighted by atomic mass is 10.2. The minimum Gasteiger partial charge on any atom is -0.493 e. The second-order valence-electron chi connectivity index (χ2n) is 3.15. The zero-order valence-corrected chi connectivity index (χ0v) is 8.32. The first-order chi connectivity index (χ1) is 6.72. The summed E-state index contributed by atoms with van der Waals surface area (Å²) < 4.78 is 5.36. The van der Waals surface area contributed by atoms with Crippen LogP contribution in [-0.4, -0.2) is 18.9 Å². The van der Waals surface area contributed by atoms with Gasteiger partial charge in [-0.2, -0.15) is 0 Å². The third-order valence-electron chi connectivity index (χ3n) is 1.90. The minimum absolute atomic E-state index is 0.0251. The fraction of sp³-hybridized carbons (Fsp3) is 0.364. The lowest BCUT2D eigenvalue weighted by Crippen LogP contribution is -2.16. The number of rotatable bonds is 5. The van der Waals surface area contributed by atoms with Crippen LogP contribution < -0.4 is 10.5 Å². The summed E-state index contributed by atoms with van der Waals surface area (Å²) in [5, 5.41) is 0. The van der Waals surface area contributed by atoms with Crippen molar-refractivity contribution in [1.82, 2.24) is 0 Å². The highest BCUT2D eigenvalue weighted by molar-refractivity contribution is 5.80. The van der Waals surface area contributed by atoms with Crippen molar-refractivity contribution in [3.63, 3.8) is 0 Å². The fourth-order valence-electron chi connectivity index (χ4n) is 1.02. The van der Waals surface area contributed by atoms with E-state index in [-0.39, 0.29) is 12.3 Å². The molecule has 0 unspecified atom stereocenters. The van der Waals surface area contributed by atoms with Gasteiger partial charge in [-0.3, -0.25) is 4.79 Å². The molecule has 0 aromatic heterocycles. The molecule has 14 heavy (non-hydrogen) atoms. The Bertz CT molecular complexity index is 293. The molecule has 1 aromatic rings. The Morgan fingerprint density at radius 1 is 1.36 bits per heavy atom. The molecule has 0 radical (unpaired) electrons. The van der Waals surface area contributed by atoms with Crippen molar-refractivity contribution in [1.29, 1.82) is 0 Å². The Hall–Kier alpha value is -1.35. The van der Waals surface area contributed by atoms with Crippen LogP contribution in [0.4, 0.5) is 0 Å². The van der Waals surface area contributed by atoms with Crippen molar-refractivity contribution in [3.05, 3.63) is 29.8 Å². The van der Waals surface area contributed by atoms with E-state index in [1.807, 2.05) is 31.2 Å². The van der Waals surface area contributed by atoms with Crippen LogP contribution in [0.2, 0.25) is 0 Å². The smallest absolute Gasteiger partial charge is 0.149 e. The summed E-state index contributed by atoms with van der Waals surface area (Å²) in [5.74, 6) is 0.817. The number of ketones is 1. The molecule has 3 nitrogen and oxygen atoms in total. The molecule has 76 valence electrons. The summed E-state index contributed by atoms with van der Waals surface area (Å²) in [6.07, 6.45) is 0.379. The highest BCUT2D eigenvalue weighted by Crippen LogP contribution is 2.11. The number of carbonyl (C=O) groups excluding carboxylic acids is 1. The van der Waals surface area contributed by atoms with Gasteiger partial charge >= 0.3 is 0 Å². The molecule has 0 bridgehead atoms. The van der Waals surface area contributed by atoms with E-state index in [0.29, 0.717) is 13.0 Å². The number of aryl methyl sites for hydroxylation is 1. The van der Waals surface area contributed by atoms with Gasteiger partial charge in [0.05, 0.1) is 13.2 Å². The molecule has 0 saturated carbocycles. The second-order valence-corrected chi connectivity index (χ2v) is 3.15. The van der Waals surface area contributed by atoms with E-state index in [4.69, 9.17) is 10.5 Å². The van der Waals surface area contributed by atoms with Crippen LogP contribution in [0, 0.1) is 6.92 Å². The van der Waals surface area contributed by atoms with Crippen LogP contribution in [0.25, 0.3) is 0 Å². The lowest BCUT2D eigenvalue weighted by Gasteiger charge is -2.04. The molecule has 0 saturated heterocycles. The number of hydrogen-bond acceptors (Lipinski definition) is 3. The first kappa shape index (κ1) is 10.7. The number of ether oxygens (including phenoxy) is 1. The first-order valence-corrected chi connectivity index (χ1v) is 4.63. The number of benzene rings is 1. The van der Waals surface area contributed by atoms with E-state index >= 15 is 0 Å². The Morgan fingerprint density at radius 3 is 2.57 bits per heavy atom. The average Bonchev–Trinajstić information content (AvgIpc) is 2.21. The Morgan fingerprint density at radius 2 is 2.00 bits per heavy atom. The summed E-state index contributed by atoms with van der Waals surface area (Å²) in [7, 11) is 0. The fourth-order valence-corrected chi connectivity index (χ4v) is 1.02. The van der Waals surface area contributed by atoms with Gasteiger partial charge < -0.3 is 10.5 Å². The normalized spacial score (nSPS) is 9.86. The molecule has 0 fully saturated rings. The molecule has 0 aliphatic carbocycles. The molecule has 0 spiro atoms. The number of nitrogens with two attached hydrogens (primary N) is 1. The van der Waals surface area contributed by atoms with Crippen molar-refractivity contribution < 1.29 is 9.53 Å². The predicted molar refractivity (Wildman–Crippen MR) is 55.4 cm³/mol. The number of carbonyl (C=O) groups is 1. The van der Waals surface area contributed by atoms with Gasteiger partial charge in [-0.15, -0.1) is 0 Å². The van der Waals surface area contributed by atoms with E-state index in [1.54, 1.807) is 0 Å². The van der Waals surface area contributed by atoms with Crippen LogP contribution >= 0.6 is 0 Å². The van der Waals surface area contributed by atoms with Crippen molar-refractivity contribution in [2.75, 3.05) is 13.2 Å². The second kappa shape index (κ2) is 5.40. The molecular formula is C11H15NO2. The zero-order valence-electron chi connectivity index (χ0n) is 8.32. The van der Waals surface area contributed by atoms with Gasteiger partial charge in [-0.05, 0) is 19.1 Å². The molecular weight excluding hydrogens is 178 g/mol. The van der Waals surface area contributed by atoms with Gasteiger partial charge in [-0.1, -0.05) is 17.7 Å². The molecule has 1 aromatic carbocycles. The molecule has 0 aliphatic heterocycles. The Kier molecular flexibility index (Phi) is 4.13. The van der Waals surface area contributed by atoms with Crippen LogP contribution in [0.5, 0.6) is 5.75 Å². The van der Waals surface area contributed by atoms with Crippen LogP contribution in [-0.2, 0) is 4.79 Å². The standard InChI is InChI=1S/C11H15NO2/c1-9-2-4-11(5-3-9)14-7-6-10(13)8-12/h2-5H,6-8,12H2,1H3. The third kappa shape index (κ3) is 3.58. The maximum atomic E-state index is 10.9. The summed E-state index contributed by atoms with van der Waals surface area (Å²) >= 11 is 0. The first-order valence-electron chi connectivity index (χ1n) is 4.63. The molecule has 2 N–H and O–H groups in total. The van der Waals surface area contributed by atoms with Crippen molar-refractivity contribution in [2.45, 2.75) is 13.3 Å². The van der Waals surface area contributed by atoms with E-state index < -0.39 is 0 Å². The summed E-state index contributed by atoms with van der Waals surface area (Å²) in [5.41, 5.74) is 6.36. The van der Waals surface area contributed by atoms with Crippen LogP contribution in [0.15, 0.2) is 24.3 Å². The third-order valence-corrected chi connectivity index (χ3v) is 1.90. The van der Waals surface area contributed by atoms with Crippen LogP contribution in [0.1, 0.15) is 12.0 Å². The van der Waals surface area contributed by atoms with Gasteiger partial charge in [-0.25, -0.2) is 0 Å².